The first-order chi connectivity index (χ1) is 9.68. The number of nitrogens with zero attached hydrogens (tertiary/aromatic N) is 2. The van der Waals surface area contributed by atoms with Crippen LogP contribution in [0, 0.1) is 0 Å². The van der Waals surface area contributed by atoms with Crippen molar-refractivity contribution >= 4 is 31.6 Å². The van der Waals surface area contributed by atoms with Crippen molar-refractivity contribution in [1.82, 2.24) is 8.61 Å². The summed E-state index contributed by atoms with van der Waals surface area (Å²) in [6, 6.07) is 6.64. The van der Waals surface area contributed by atoms with Gasteiger partial charge in [-0.2, -0.15) is 8.61 Å². The largest absolute Gasteiger partial charge is 0.218 e. The van der Waals surface area contributed by atoms with Crippen molar-refractivity contribution in [3.05, 3.63) is 34.9 Å². The number of sulfonamides is 2. The lowest BCUT2D eigenvalue weighted by Gasteiger charge is -2.32. The van der Waals surface area contributed by atoms with Crippen molar-refractivity contribution in [2.24, 2.45) is 0 Å². The minimum atomic E-state index is -3.45. The number of hydrogen-bond donors (Lipinski definition) is 0. The molecule has 9 heteroatoms. The Hall–Kier alpha value is -0.670. The van der Waals surface area contributed by atoms with Crippen molar-refractivity contribution in [3.8, 4) is 0 Å². The van der Waals surface area contributed by atoms with Gasteiger partial charge in [-0.15, -0.1) is 0 Å². The van der Waals surface area contributed by atoms with Crippen molar-refractivity contribution in [3.63, 3.8) is 0 Å². The third-order valence-corrected chi connectivity index (χ3v) is 6.73. The summed E-state index contributed by atoms with van der Waals surface area (Å²) in [4.78, 5) is 0. The van der Waals surface area contributed by atoms with Crippen LogP contribution in [0.3, 0.4) is 0 Å². The van der Waals surface area contributed by atoms with Gasteiger partial charge in [-0.05, 0) is 17.7 Å². The van der Waals surface area contributed by atoms with Crippen LogP contribution in [0.1, 0.15) is 5.56 Å². The van der Waals surface area contributed by atoms with E-state index >= 15 is 0 Å². The molecule has 0 atom stereocenters. The number of rotatable bonds is 4. The van der Waals surface area contributed by atoms with Crippen molar-refractivity contribution < 1.29 is 16.8 Å². The zero-order valence-corrected chi connectivity index (χ0v) is 14.0. The standard InChI is InChI=1S/C12H17ClN2O4S2/c1-20(16,17)14-6-8-15(9-7-14)21(18,19)10-11-2-4-12(13)5-3-11/h2-5H,6-10H2,1H3. The Balaban J connectivity index is 2.03. The average molecular weight is 353 g/mol. The maximum atomic E-state index is 12.3. The van der Waals surface area contributed by atoms with Gasteiger partial charge in [0.15, 0.2) is 0 Å². The van der Waals surface area contributed by atoms with Gasteiger partial charge in [0.05, 0.1) is 12.0 Å². The molecule has 0 saturated carbocycles. The van der Waals surface area contributed by atoms with Gasteiger partial charge in [-0.25, -0.2) is 16.8 Å². The summed E-state index contributed by atoms with van der Waals surface area (Å²) in [7, 11) is -6.71. The second-order valence-electron chi connectivity index (χ2n) is 4.94. The van der Waals surface area contributed by atoms with E-state index in [9.17, 15) is 16.8 Å². The summed E-state index contributed by atoms with van der Waals surface area (Å²) < 4.78 is 50.1. The third-order valence-electron chi connectivity index (χ3n) is 3.32. The Morgan fingerprint density at radius 3 is 1.90 bits per heavy atom. The van der Waals surface area contributed by atoms with E-state index < -0.39 is 20.0 Å². The van der Waals surface area contributed by atoms with Gasteiger partial charge in [0.1, 0.15) is 0 Å². The molecule has 0 spiro atoms. The molecule has 0 radical (unpaired) electrons. The van der Waals surface area contributed by atoms with Crippen molar-refractivity contribution in [2.45, 2.75) is 5.75 Å². The first-order valence-electron chi connectivity index (χ1n) is 6.36. The first kappa shape index (κ1) is 16.7. The molecule has 21 heavy (non-hydrogen) atoms. The highest BCUT2D eigenvalue weighted by Crippen LogP contribution is 2.16. The van der Waals surface area contributed by atoms with E-state index in [4.69, 9.17) is 11.6 Å². The third kappa shape index (κ3) is 4.40. The molecule has 1 aromatic carbocycles. The Kier molecular flexibility index (Phi) is 4.94. The van der Waals surface area contributed by atoms with Gasteiger partial charge in [0.2, 0.25) is 20.0 Å². The summed E-state index contributed by atoms with van der Waals surface area (Å²) in [5.41, 5.74) is 0.657. The molecule has 2 rings (SSSR count). The second-order valence-corrected chi connectivity index (χ2v) is 9.33. The van der Waals surface area contributed by atoms with Crippen LogP contribution < -0.4 is 0 Å². The van der Waals surface area contributed by atoms with Crippen LogP contribution in [0.5, 0.6) is 0 Å². The number of halogens is 1. The molecule has 0 amide bonds. The number of hydrogen-bond acceptors (Lipinski definition) is 4. The van der Waals surface area contributed by atoms with E-state index in [-0.39, 0.29) is 31.9 Å². The molecular formula is C12H17ClN2O4S2. The lowest BCUT2D eigenvalue weighted by molar-refractivity contribution is 0.274. The Morgan fingerprint density at radius 2 is 1.43 bits per heavy atom. The smallest absolute Gasteiger partial charge is 0.213 e. The van der Waals surface area contributed by atoms with Gasteiger partial charge in [0, 0.05) is 31.2 Å². The van der Waals surface area contributed by atoms with Crippen LogP contribution in [0.4, 0.5) is 0 Å². The topological polar surface area (TPSA) is 74.8 Å². The molecule has 6 nitrogen and oxygen atoms in total. The second kappa shape index (κ2) is 6.21. The molecule has 0 N–H and O–H groups in total. The normalized spacial score (nSPS) is 18.8. The fourth-order valence-electron chi connectivity index (χ4n) is 2.16. The van der Waals surface area contributed by atoms with Crippen molar-refractivity contribution in [1.29, 1.82) is 0 Å². The molecule has 1 aromatic rings. The molecule has 0 aliphatic carbocycles. The minimum Gasteiger partial charge on any atom is -0.213 e. The highest BCUT2D eigenvalue weighted by molar-refractivity contribution is 7.88. The number of piperazine rings is 1. The Bertz CT molecular complexity index is 693. The van der Waals surface area contributed by atoms with Crippen LogP contribution in [-0.2, 0) is 25.8 Å². The van der Waals surface area contributed by atoms with E-state index in [1.165, 1.54) is 8.61 Å². The lowest BCUT2D eigenvalue weighted by Crippen LogP contribution is -2.50. The molecule has 1 aliphatic rings. The minimum absolute atomic E-state index is 0.108. The molecule has 1 saturated heterocycles. The zero-order chi connectivity index (χ0) is 15.7. The SMILES string of the molecule is CS(=O)(=O)N1CCN(S(=O)(=O)Cc2ccc(Cl)cc2)CC1. The van der Waals surface area contributed by atoms with E-state index in [2.05, 4.69) is 0 Å². The highest BCUT2D eigenvalue weighted by atomic mass is 35.5. The predicted octanol–water partition coefficient (Wildman–Crippen LogP) is 0.747. The molecule has 0 aromatic heterocycles. The van der Waals surface area contributed by atoms with Gasteiger partial charge < -0.3 is 0 Å². The summed E-state index contributed by atoms with van der Waals surface area (Å²) in [6.07, 6.45) is 1.13. The molecule has 1 fully saturated rings. The van der Waals surface area contributed by atoms with E-state index in [0.29, 0.717) is 10.6 Å². The fraction of sp³-hybridized carbons (Fsp3) is 0.500. The van der Waals surface area contributed by atoms with Crippen LogP contribution >= 0.6 is 11.6 Å². The van der Waals surface area contributed by atoms with E-state index in [1.54, 1.807) is 24.3 Å². The lowest BCUT2D eigenvalue weighted by atomic mass is 10.2. The van der Waals surface area contributed by atoms with Crippen LogP contribution in [0.2, 0.25) is 5.02 Å². The Morgan fingerprint density at radius 1 is 0.952 bits per heavy atom. The van der Waals surface area contributed by atoms with E-state index in [0.717, 1.165) is 6.26 Å². The molecule has 0 bridgehead atoms. The Labute approximate surface area is 130 Å². The predicted molar refractivity (Wildman–Crippen MR) is 82.1 cm³/mol. The zero-order valence-electron chi connectivity index (χ0n) is 11.6. The number of benzene rings is 1. The van der Waals surface area contributed by atoms with Gasteiger partial charge >= 0.3 is 0 Å². The van der Waals surface area contributed by atoms with Crippen molar-refractivity contribution in [2.75, 3.05) is 32.4 Å². The van der Waals surface area contributed by atoms with Gasteiger partial charge in [-0.3, -0.25) is 0 Å². The summed E-state index contributed by atoms with van der Waals surface area (Å²) >= 11 is 5.77. The van der Waals surface area contributed by atoms with Gasteiger partial charge in [0.25, 0.3) is 0 Å². The highest BCUT2D eigenvalue weighted by Gasteiger charge is 2.30. The summed E-state index contributed by atoms with van der Waals surface area (Å²) in [5, 5.41) is 0.554. The molecule has 0 unspecified atom stereocenters. The average Bonchev–Trinajstić information content (AvgIpc) is 2.40. The van der Waals surface area contributed by atoms with Crippen LogP contribution in [-0.4, -0.2) is 57.9 Å². The molecular weight excluding hydrogens is 336 g/mol. The first-order valence-corrected chi connectivity index (χ1v) is 10.2. The summed E-state index contributed by atoms with van der Waals surface area (Å²) in [6.45, 7) is 0.753. The molecule has 118 valence electrons. The monoisotopic (exact) mass is 352 g/mol. The fourth-order valence-corrected chi connectivity index (χ4v) is 4.63. The van der Waals surface area contributed by atoms with Crippen LogP contribution in [0.25, 0.3) is 0 Å². The maximum absolute atomic E-state index is 12.3. The van der Waals surface area contributed by atoms with Gasteiger partial charge in [-0.1, -0.05) is 23.7 Å². The quantitative estimate of drug-likeness (QED) is 0.801. The van der Waals surface area contributed by atoms with E-state index in [1.807, 2.05) is 0 Å². The molecule has 1 aliphatic heterocycles. The summed E-state index contributed by atoms with van der Waals surface area (Å²) in [5.74, 6) is -0.108. The van der Waals surface area contributed by atoms with Crippen LogP contribution in [0.15, 0.2) is 24.3 Å². The maximum Gasteiger partial charge on any atom is 0.218 e. The molecule has 1 heterocycles.